The van der Waals surface area contributed by atoms with E-state index in [-0.39, 0.29) is 16.9 Å². The molecule has 378 valence electrons. The van der Waals surface area contributed by atoms with Crippen LogP contribution in [-0.2, 0) is 12.4 Å². The van der Waals surface area contributed by atoms with Gasteiger partial charge in [0.2, 0.25) is 0 Å². The fourth-order valence-corrected chi connectivity index (χ4v) is 10.9. The first kappa shape index (κ1) is 49.7. The molecule has 0 saturated heterocycles. The Morgan fingerprint density at radius 1 is 0.287 bits per heavy atom. The second-order valence-corrected chi connectivity index (χ2v) is 19.1. The number of alkyl halides is 6. The molecule has 0 aliphatic heterocycles. The highest BCUT2D eigenvalue weighted by atomic mass is 19.4. The first-order chi connectivity index (χ1) is 38.7. The van der Waals surface area contributed by atoms with Crippen LogP contribution in [0.15, 0.2) is 200 Å². The van der Waals surface area contributed by atoms with Gasteiger partial charge >= 0.3 is 12.4 Å². The SMILES string of the molecule is N#Cc1cccc(-c2ccc3c(c2)c2cc(-c4cccc(C#N)c4)ccc2n3-c2cc(-c3c(C(F)(F)F)cccc3C(F)(F)F)cc(-n3c4ccc(-c5cccc(C#N)c5)cc4c4cc(-c5cccc(C#N)c5)ccc43)c2C#N)c1. The normalized spacial score (nSPS) is 11.6. The smallest absolute Gasteiger partial charge is 0.308 e. The molecular weight excluding hydrogens is 1020 g/mol. The molecule has 7 nitrogen and oxygen atoms in total. The predicted molar refractivity (Wildman–Crippen MR) is 296 cm³/mol. The molecule has 0 unspecified atom stereocenters. The number of rotatable bonds is 7. The second-order valence-electron chi connectivity index (χ2n) is 19.1. The third-order valence-corrected chi connectivity index (χ3v) is 14.5. The molecular formula is C67H33F6N7. The number of nitrogens with zero attached hydrogens (tertiary/aromatic N) is 7. The topological polar surface area (TPSA) is 129 Å². The van der Waals surface area contributed by atoms with Crippen molar-refractivity contribution in [2.45, 2.75) is 12.4 Å². The van der Waals surface area contributed by atoms with E-state index >= 15 is 26.3 Å². The molecule has 2 heterocycles. The Hall–Kier alpha value is -11.2. The van der Waals surface area contributed by atoms with Crippen LogP contribution in [0.1, 0.15) is 38.9 Å². The van der Waals surface area contributed by atoms with Crippen molar-refractivity contribution in [3.8, 4) is 97.4 Å². The van der Waals surface area contributed by atoms with Gasteiger partial charge in [0.25, 0.3) is 0 Å². The Balaban J connectivity index is 1.23. The average molecular weight is 1050 g/mol. The fourth-order valence-electron chi connectivity index (χ4n) is 10.9. The molecule has 12 rings (SSSR count). The van der Waals surface area contributed by atoms with Crippen LogP contribution in [0, 0.1) is 56.7 Å². The van der Waals surface area contributed by atoms with Gasteiger partial charge in [0.15, 0.2) is 0 Å². The Kier molecular flexibility index (Phi) is 11.9. The van der Waals surface area contributed by atoms with Crippen molar-refractivity contribution in [1.82, 2.24) is 9.13 Å². The van der Waals surface area contributed by atoms with Crippen molar-refractivity contribution in [3.63, 3.8) is 0 Å². The van der Waals surface area contributed by atoms with E-state index in [1.54, 1.807) is 130 Å². The number of fused-ring (bicyclic) bond motifs is 6. The lowest BCUT2D eigenvalue weighted by molar-refractivity contribution is -0.142. The number of halogens is 6. The molecule has 0 atom stereocenters. The Morgan fingerprint density at radius 3 is 0.825 bits per heavy atom. The summed E-state index contributed by atoms with van der Waals surface area (Å²) in [5.74, 6) is 0. The van der Waals surface area contributed by atoms with Gasteiger partial charge in [0, 0.05) is 27.1 Å². The molecule has 0 amide bonds. The zero-order valence-corrected chi connectivity index (χ0v) is 41.5. The van der Waals surface area contributed by atoms with Gasteiger partial charge in [-0.25, -0.2) is 0 Å². The van der Waals surface area contributed by atoms with Gasteiger partial charge in [0.1, 0.15) is 11.6 Å². The minimum absolute atomic E-state index is 0.0339. The molecule has 2 aromatic heterocycles. The molecule has 10 aromatic carbocycles. The highest BCUT2D eigenvalue weighted by Gasteiger charge is 2.41. The van der Waals surface area contributed by atoms with Gasteiger partial charge in [-0.2, -0.15) is 52.7 Å². The molecule has 0 bridgehead atoms. The van der Waals surface area contributed by atoms with E-state index in [9.17, 15) is 26.3 Å². The molecule has 0 spiro atoms. The van der Waals surface area contributed by atoms with Crippen LogP contribution in [0.5, 0.6) is 0 Å². The summed E-state index contributed by atoms with van der Waals surface area (Å²) >= 11 is 0. The number of benzene rings is 10. The largest absolute Gasteiger partial charge is 0.417 e. The summed E-state index contributed by atoms with van der Waals surface area (Å²) in [5.41, 5.74) is 4.08. The molecule has 0 saturated carbocycles. The van der Waals surface area contributed by atoms with Crippen LogP contribution in [0.2, 0.25) is 0 Å². The molecule has 13 heteroatoms. The predicted octanol–water partition coefficient (Wildman–Crippen LogP) is 17.6. The zero-order chi connectivity index (χ0) is 55.6. The van der Waals surface area contributed by atoms with Crippen molar-refractivity contribution in [2.75, 3.05) is 0 Å². The highest BCUT2D eigenvalue weighted by Crippen LogP contribution is 2.48. The van der Waals surface area contributed by atoms with Crippen molar-refractivity contribution < 1.29 is 26.3 Å². The van der Waals surface area contributed by atoms with Crippen molar-refractivity contribution in [2.24, 2.45) is 0 Å². The summed E-state index contributed by atoms with van der Waals surface area (Å²) < 4.78 is 95.9. The van der Waals surface area contributed by atoms with E-state index in [0.29, 0.717) is 123 Å². The minimum Gasteiger partial charge on any atom is -0.308 e. The van der Waals surface area contributed by atoms with E-state index in [4.69, 9.17) is 0 Å². The lowest BCUT2D eigenvalue weighted by Crippen LogP contribution is -2.15. The number of nitriles is 5. The first-order valence-corrected chi connectivity index (χ1v) is 24.7. The first-order valence-electron chi connectivity index (χ1n) is 24.7. The van der Waals surface area contributed by atoms with E-state index in [2.05, 4.69) is 30.3 Å². The van der Waals surface area contributed by atoms with Gasteiger partial charge in [0.05, 0.1) is 91.1 Å². The lowest BCUT2D eigenvalue weighted by Gasteiger charge is -2.22. The highest BCUT2D eigenvalue weighted by molar-refractivity contribution is 6.14. The number of hydrogen-bond acceptors (Lipinski definition) is 5. The summed E-state index contributed by atoms with van der Waals surface area (Å²) in [6, 6.07) is 65.1. The van der Waals surface area contributed by atoms with Crippen molar-refractivity contribution in [1.29, 1.82) is 26.3 Å². The van der Waals surface area contributed by atoms with Crippen LogP contribution in [0.4, 0.5) is 26.3 Å². The van der Waals surface area contributed by atoms with E-state index < -0.39 is 34.6 Å². The van der Waals surface area contributed by atoms with Crippen LogP contribution in [0.3, 0.4) is 0 Å². The maximum Gasteiger partial charge on any atom is 0.417 e. The average Bonchev–Trinajstić information content (AvgIpc) is 3.46. The molecule has 0 fully saturated rings. The van der Waals surface area contributed by atoms with Crippen molar-refractivity contribution >= 4 is 43.6 Å². The molecule has 0 radical (unpaired) electrons. The van der Waals surface area contributed by atoms with Crippen LogP contribution >= 0.6 is 0 Å². The second kappa shape index (κ2) is 19.1. The lowest BCUT2D eigenvalue weighted by atomic mass is 9.91. The Bertz CT molecular complexity index is 4310. The third kappa shape index (κ3) is 8.48. The van der Waals surface area contributed by atoms with Crippen molar-refractivity contribution in [3.05, 3.63) is 239 Å². The fraction of sp³-hybridized carbons (Fsp3) is 0.0299. The summed E-state index contributed by atoms with van der Waals surface area (Å²) in [4.78, 5) is 0. The Labute approximate surface area is 452 Å². The van der Waals surface area contributed by atoms with Gasteiger partial charge in [-0.05, 0) is 171 Å². The van der Waals surface area contributed by atoms with E-state index in [0.717, 1.165) is 6.07 Å². The summed E-state index contributed by atoms with van der Waals surface area (Å²) in [7, 11) is 0. The van der Waals surface area contributed by atoms with E-state index in [1.807, 2.05) is 48.5 Å². The molecule has 0 N–H and O–H groups in total. The third-order valence-electron chi connectivity index (χ3n) is 14.5. The molecule has 12 aromatic rings. The van der Waals surface area contributed by atoms with Gasteiger partial charge in [-0.15, -0.1) is 0 Å². The quantitative estimate of drug-likeness (QED) is 0.147. The van der Waals surface area contributed by atoms with Crippen LogP contribution in [0.25, 0.3) is 111 Å². The Morgan fingerprint density at radius 2 is 0.562 bits per heavy atom. The van der Waals surface area contributed by atoms with Gasteiger partial charge in [-0.3, -0.25) is 0 Å². The molecule has 80 heavy (non-hydrogen) atoms. The maximum atomic E-state index is 15.4. The van der Waals surface area contributed by atoms with Gasteiger partial charge in [-0.1, -0.05) is 78.9 Å². The van der Waals surface area contributed by atoms with Crippen LogP contribution in [-0.4, -0.2) is 9.13 Å². The summed E-state index contributed by atoms with van der Waals surface area (Å²) in [6.45, 7) is 0. The zero-order valence-electron chi connectivity index (χ0n) is 41.5. The maximum absolute atomic E-state index is 15.4. The monoisotopic (exact) mass is 1050 g/mol. The standard InChI is InChI=1S/C67H33F6N7/c68-66(69,70)57-14-5-15-58(67(71,72)73)65(57)51-32-63(79-59-20-16-47(43-10-1-6-39(24-43)34-74)28-52(59)53-29-48(17-21-60(53)79)44-11-2-7-40(25-44)35-75)56(38-78)64(33-51)80-61-22-18-49(45-12-3-8-41(26-45)36-76)30-54(61)55-31-50(19-23-62(55)80)46-13-4-9-42(27-46)37-77/h1-33H. The van der Waals surface area contributed by atoms with Gasteiger partial charge < -0.3 is 9.13 Å². The van der Waals surface area contributed by atoms with Crippen LogP contribution < -0.4 is 0 Å². The van der Waals surface area contributed by atoms with E-state index in [1.165, 1.54) is 12.1 Å². The minimum atomic E-state index is -5.28. The summed E-state index contributed by atoms with van der Waals surface area (Å²) in [5, 5.41) is 53.4. The number of hydrogen-bond donors (Lipinski definition) is 0. The summed E-state index contributed by atoms with van der Waals surface area (Å²) in [6.07, 6.45) is -10.6. The molecule has 0 aliphatic carbocycles. The number of aromatic nitrogens is 2. The molecule has 0 aliphatic rings.